The minimum absolute atomic E-state index is 0.181. The van der Waals surface area contributed by atoms with Crippen LogP contribution >= 0.6 is 14.1 Å². The molecular formula is C52H45N3P2. The summed E-state index contributed by atoms with van der Waals surface area (Å²) in [6.07, 6.45) is 0. The van der Waals surface area contributed by atoms with Crippen molar-refractivity contribution in [1.29, 1.82) is 0 Å². The smallest absolute Gasteiger partial charge is 0.0745 e. The van der Waals surface area contributed by atoms with Crippen LogP contribution in [0.5, 0.6) is 0 Å². The van der Waals surface area contributed by atoms with Crippen molar-refractivity contribution in [1.82, 2.24) is 0 Å². The average Bonchev–Trinajstić information content (AvgIpc) is 3.29. The summed E-state index contributed by atoms with van der Waals surface area (Å²) in [6, 6.07) is 81.6. The Morgan fingerprint density at radius 2 is 0.632 bits per heavy atom. The van der Waals surface area contributed by atoms with Gasteiger partial charge in [0.05, 0.1) is 31.5 Å². The van der Waals surface area contributed by atoms with Crippen LogP contribution in [0.1, 0.15) is 31.0 Å². The zero-order chi connectivity index (χ0) is 38.9. The molecule has 278 valence electrons. The molecule has 0 amide bonds. The fraction of sp³-hybridized carbons (Fsp3) is 0.0577. The van der Waals surface area contributed by atoms with E-state index in [-0.39, 0.29) is 6.04 Å². The SMILES string of the molecule is CC(=N[C@@H](C)c1ccccc1N=P(c1ccccc1)(c1ccccc1)c1ccccc1)c1ccccc1N=P(c1ccccc1)(c1ccccc1)c1ccccc1. The topological polar surface area (TPSA) is 37.1 Å². The molecule has 0 aliphatic carbocycles. The summed E-state index contributed by atoms with van der Waals surface area (Å²) < 4.78 is 11.8. The first-order valence-corrected chi connectivity index (χ1v) is 22.9. The number of hydrogen-bond donors (Lipinski definition) is 0. The fourth-order valence-electron chi connectivity index (χ4n) is 7.65. The highest BCUT2D eigenvalue weighted by molar-refractivity contribution is 7.88. The number of benzene rings is 8. The lowest BCUT2D eigenvalue weighted by Gasteiger charge is -2.28. The molecule has 0 heterocycles. The van der Waals surface area contributed by atoms with Crippen molar-refractivity contribution in [3.8, 4) is 0 Å². The summed E-state index contributed by atoms with van der Waals surface area (Å²) in [5, 5.41) is 7.25. The summed E-state index contributed by atoms with van der Waals surface area (Å²) in [5.41, 5.74) is 4.91. The van der Waals surface area contributed by atoms with Crippen molar-refractivity contribution in [2.24, 2.45) is 14.5 Å². The van der Waals surface area contributed by atoms with Gasteiger partial charge in [-0.25, -0.2) is 0 Å². The first kappa shape index (κ1) is 37.8. The van der Waals surface area contributed by atoms with E-state index in [0.29, 0.717) is 0 Å². The normalized spacial score (nSPS) is 12.4. The Bertz CT molecular complexity index is 2490. The van der Waals surface area contributed by atoms with Crippen molar-refractivity contribution in [2.45, 2.75) is 19.9 Å². The van der Waals surface area contributed by atoms with Crippen molar-refractivity contribution < 1.29 is 0 Å². The van der Waals surface area contributed by atoms with Crippen LogP contribution in [0.25, 0.3) is 0 Å². The van der Waals surface area contributed by atoms with Gasteiger partial charge in [0, 0.05) is 48.7 Å². The molecule has 0 N–H and O–H groups in total. The molecule has 8 aromatic rings. The number of rotatable bonds is 11. The Morgan fingerprint density at radius 3 is 1.00 bits per heavy atom. The maximum atomic E-state index is 5.90. The first-order chi connectivity index (χ1) is 28.1. The van der Waals surface area contributed by atoms with Crippen molar-refractivity contribution in [3.05, 3.63) is 242 Å². The van der Waals surface area contributed by atoms with E-state index in [4.69, 9.17) is 14.5 Å². The molecule has 0 spiro atoms. The van der Waals surface area contributed by atoms with Gasteiger partial charge in [0.2, 0.25) is 0 Å². The third-order valence-corrected chi connectivity index (χ3v) is 17.7. The zero-order valence-corrected chi connectivity index (χ0v) is 34.0. The predicted molar refractivity (Wildman–Crippen MR) is 248 cm³/mol. The monoisotopic (exact) mass is 773 g/mol. The molecule has 0 fully saturated rings. The lowest BCUT2D eigenvalue weighted by Crippen LogP contribution is -2.25. The van der Waals surface area contributed by atoms with Gasteiger partial charge < -0.3 is 0 Å². The molecule has 8 rings (SSSR count). The molecule has 0 aromatic heterocycles. The van der Waals surface area contributed by atoms with E-state index in [2.05, 4.69) is 244 Å². The molecule has 0 bridgehead atoms. The average molecular weight is 774 g/mol. The fourth-order valence-corrected chi connectivity index (χ4v) is 14.8. The third kappa shape index (κ3) is 7.70. The molecule has 0 radical (unpaired) electrons. The van der Waals surface area contributed by atoms with E-state index < -0.39 is 14.1 Å². The van der Waals surface area contributed by atoms with E-state index in [0.717, 1.165) is 28.2 Å². The summed E-state index contributed by atoms with van der Waals surface area (Å²) in [7, 11) is -4.98. The van der Waals surface area contributed by atoms with Crippen LogP contribution in [-0.4, -0.2) is 5.71 Å². The maximum Gasteiger partial charge on any atom is 0.0745 e. The second-order valence-electron chi connectivity index (χ2n) is 14.0. The number of aliphatic imine (C=N–C) groups is 1. The van der Waals surface area contributed by atoms with Crippen molar-refractivity contribution >= 4 is 63.0 Å². The van der Waals surface area contributed by atoms with Gasteiger partial charge in [0.25, 0.3) is 0 Å². The van der Waals surface area contributed by atoms with Crippen LogP contribution in [0.2, 0.25) is 0 Å². The molecule has 0 saturated carbocycles. The lowest BCUT2D eigenvalue weighted by molar-refractivity contribution is 0.820. The second kappa shape index (κ2) is 17.4. The predicted octanol–water partition coefficient (Wildman–Crippen LogP) is 11.9. The standard InChI is InChI=1S/C52H45N3P2/c1-41(49-37-21-23-39-51(49)54-56(43-25-9-3-10-26-43,44-27-11-4-12-28-44)45-29-13-5-14-30-45)53-42(2)50-38-22-24-40-52(50)55-57(46-31-15-6-16-32-46,47-33-17-7-18-34-47)48-35-19-8-20-36-48/h3-41H,1-2H3/t41-/m0/s1. The van der Waals surface area contributed by atoms with Crippen LogP contribution in [0, 0.1) is 0 Å². The van der Waals surface area contributed by atoms with Crippen LogP contribution < -0.4 is 31.8 Å². The van der Waals surface area contributed by atoms with E-state index in [1.165, 1.54) is 31.8 Å². The van der Waals surface area contributed by atoms with Gasteiger partial charge >= 0.3 is 0 Å². The lowest BCUT2D eigenvalue weighted by atomic mass is 10.1. The van der Waals surface area contributed by atoms with E-state index in [1.807, 2.05) is 0 Å². The third-order valence-electron chi connectivity index (χ3n) is 10.4. The Morgan fingerprint density at radius 1 is 0.351 bits per heavy atom. The van der Waals surface area contributed by atoms with Gasteiger partial charge in [0.15, 0.2) is 0 Å². The molecule has 5 heteroatoms. The van der Waals surface area contributed by atoms with E-state index in [1.54, 1.807) is 0 Å². The highest BCUT2D eigenvalue weighted by Crippen LogP contribution is 2.51. The van der Waals surface area contributed by atoms with Gasteiger partial charge in [-0.15, -0.1) is 0 Å². The van der Waals surface area contributed by atoms with E-state index >= 15 is 0 Å². The quantitative estimate of drug-likeness (QED) is 0.0927. The molecule has 3 nitrogen and oxygen atoms in total. The van der Waals surface area contributed by atoms with Gasteiger partial charge in [-0.3, -0.25) is 14.5 Å². The maximum absolute atomic E-state index is 5.90. The van der Waals surface area contributed by atoms with Gasteiger partial charge in [-0.2, -0.15) is 0 Å². The van der Waals surface area contributed by atoms with Crippen molar-refractivity contribution in [3.63, 3.8) is 0 Å². The molecule has 8 aromatic carbocycles. The number of hydrogen-bond acceptors (Lipinski definition) is 3. The molecule has 0 unspecified atom stereocenters. The first-order valence-electron chi connectivity index (χ1n) is 19.4. The molecule has 0 saturated heterocycles. The second-order valence-corrected chi connectivity index (χ2v) is 20.0. The molecule has 0 aliphatic heterocycles. The van der Waals surface area contributed by atoms with Gasteiger partial charge in [0.1, 0.15) is 0 Å². The molecule has 57 heavy (non-hydrogen) atoms. The van der Waals surface area contributed by atoms with Gasteiger partial charge in [-0.05, 0) is 26.0 Å². The Labute approximate surface area is 337 Å². The summed E-state index contributed by atoms with van der Waals surface area (Å²) in [5.74, 6) is 0. The summed E-state index contributed by atoms with van der Waals surface area (Å²) in [4.78, 5) is 5.46. The minimum Gasteiger partial charge on any atom is -0.281 e. The minimum atomic E-state index is -2.49. The Hall–Kier alpha value is -6.11. The zero-order valence-electron chi connectivity index (χ0n) is 32.3. The summed E-state index contributed by atoms with van der Waals surface area (Å²) >= 11 is 0. The van der Waals surface area contributed by atoms with Crippen molar-refractivity contribution in [2.75, 3.05) is 0 Å². The summed E-state index contributed by atoms with van der Waals surface area (Å²) in [6.45, 7) is 4.30. The Balaban J connectivity index is 1.30. The number of nitrogens with zero attached hydrogens (tertiary/aromatic N) is 3. The van der Waals surface area contributed by atoms with E-state index in [9.17, 15) is 0 Å². The molecule has 0 aliphatic rings. The highest BCUT2D eigenvalue weighted by atomic mass is 31.2. The molecule has 1 atom stereocenters. The molecular weight excluding hydrogens is 729 g/mol. The van der Waals surface area contributed by atoms with Crippen LogP contribution in [0.15, 0.2) is 245 Å². The van der Waals surface area contributed by atoms with Gasteiger partial charge in [-0.1, -0.05) is 218 Å². The Kier molecular flexibility index (Phi) is 11.5. The highest BCUT2D eigenvalue weighted by Gasteiger charge is 2.29. The van der Waals surface area contributed by atoms with Crippen LogP contribution in [0.3, 0.4) is 0 Å². The van der Waals surface area contributed by atoms with Crippen LogP contribution in [0.4, 0.5) is 11.4 Å². The largest absolute Gasteiger partial charge is 0.281 e. The van der Waals surface area contributed by atoms with Crippen LogP contribution in [-0.2, 0) is 0 Å².